The molecule has 1 amide bonds. The molecule has 1 aliphatic rings. The van der Waals surface area contributed by atoms with E-state index >= 15 is 0 Å². The largest absolute Gasteiger partial charge is 0.416 e. The van der Waals surface area contributed by atoms with Crippen molar-refractivity contribution in [3.8, 4) is 0 Å². The first-order chi connectivity index (χ1) is 10.4. The van der Waals surface area contributed by atoms with Crippen LogP contribution in [0.5, 0.6) is 0 Å². The molecule has 0 saturated carbocycles. The van der Waals surface area contributed by atoms with Gasteiger partial charge in [-0.1, -0.05) is 25.1 Å². The molecule has 1 aromatic carbocycles. The van der Waals surface area contributed by atoms with Crippen molar-refractivity contribution in [2.45, 2.75) is 31.9 Å². The van der Waals surface area contributed by atoms with Gasteiger partial charge in [-0.15, -0.1) is 0 Å². The first kappa shape index (κ1) is 16.8. The minimum absolute atomic E-state index is 0.0423. The summed E-state index contributed by atoms with van der Waals surface area (Å²) < 4.78 is 44.2. The van der Waals surface area contributed by atoms with Crippen LogP contribution in [0, 0.1) is 5.92 Å². The molecule has 1 aromatic rings. The molecule has 0 aliphatic carbocycles. The highest BCUT2D eigenvalue weighted by molar-refractivity contribution is 5.76. The molecule has 0 bridgehead atoms. The standard InChI is InChI=1S/C16H20F3NO2/c1-11(8-15(21)20-9-12-6-7-22-10-12)13-4-2-3-5-14(13)16(17,18)19/h2-5,11-12H,6-10H2,1H3,(H,20,21)/t11-,12-/m0/s1. The van der Waals surface area contributed by atoms with Crippen LogP contribution in [-0.2, 0) is 15.7 Å². The van der Waals surface area contributed by atoms with E-state index in [0.717, 1.165) is 12.5 Å². The van der Waals surface area contributed by atoms with E-state index in [-0.39, 0.29) is 17.9 Å². The molecule has 1 N–H and O–H groups in total. The van der Waals surface area contributed by atoms with E-state index in [9.17, 15) is 18.0 Å². The maximum atomic E-state index is 13.0. The number of hydrogen-bond acceptors (Lipinski definition) is 2. The lowest BCUT2D eigenvalue weighted by atomic mass is 9.92. The molecule has 6 heteroatoms. The molecule has 3 nitrogen and oxygen atoms in total. The Balaban J connectivity index is 1.94. The summed E-state index contributed by atoms with van der Waals surface area (Å²) in [7, 11) is 0. The SMILES string of the molecule is C[C@@H](CC(=O)NC[C@@H]1CCOC1)c1ccccc1C(F)(F)F. The van der Waals surface area contributed by atoms with Crippen molar-refractivity contribution < 1.29 is 22.7 Å². The van der Waals surface area contributed by atoms with Gasteiger partial charge in [-0.05, 0) is 24.0 Å². The zero-order chi connectivity index (χ0) is 16.2. The third-order valence-electron chi connectivity index (χ3n) is 3.90. The number of nitrogens with one attached hydrogen (secondary N) is 1. The predicted octanol–water partition coefficient (Wildman–Crippen LogP) is 3.35. The lowest BCUT2D eigenvalue weighted by Crippen LogP contribution is -2.30. The van der Waals surface area contributed by atoms with Crippen LogP contribution in [0.25, 0.3) is 0 Å². The Morgan fingerprint density at radius 3 is 2.77 bits per heavy atom. The lowest BCUT2D eigenvalue weighted by Gasteiger charge is -2.18. The fraction of sp³-hybridized carbons (Fsp3) is 0.562. The summed E-state index contributed by atoms with van der Waals surface area (Å²) in [4.78, 5) is 11.9. The number of amides is 1. The van der Waals surface area contributed by atoms with Gasteiger partial charge < -0.3 is 10.1 Å². The number of ether oxygens (including phenoxy) is 1. The second-order valence-corrected chi connectivity index (χ2v) is 5.72. The highest BCUT2D eigenvalue weighted by atomic mass is 19.4. The number of halogens is 3. The first-order valence-corrected chi connectivity index (χ1v) is 7.38. The summed E-state index contributed by atoms with van der Waals surface area (Å²) in [6, 6.07) is 5.42. The average molecular weight is 315 g/mol. The normalized spacial score (nSPS) is 19.9. The van der Waals surface area contributed by atoms with Crippen molar-refractivity contribution in [2.75, 3.05) is 19.8 Å². The molecule has 1 saturated heterocycles. The third-order valence-corrected chi connectivity index (χ3v) is 3.90. The Morgan fingerprint density at radius 2 is 2.14 bits per heavy atom. The smallest absolute Gasteiger partial charge is 0.381 e. The molecule has 0 radical (unpaired) electrons. The average Bonchev–Trinajstić information content (AvgIpc) is 2.97. The lowest BCUT2D eigenvalue weighted by molar-refractivity contribution is -0.138. The van der Waals surface area contributed by atoms with Crippen molar-refractivity contribution in [1.29, 1.82) is 0 Å². The molecule has 0 spiro atoms. The second kappa shape index (κ2) is 7.13. The molecule has 2 rings (SSSR count). The van der Waals surface area contributed by atoms with Gasteiger partial charge in [-0.25, -0.2) is 0 Å². The van der Waals surface area contributed by atoms with E-state index in [2.05, 4.69) is 5.32 Å². The summed E-state index contributed by atoms with van der Waals surface area (Å²) in [6.45, 7) is 3.50. The maximum absolute atomic E-state index is 13.0. The van der Waals surface area contributed by atoms with Crippen LogP contribution < -0.4 is 5.32 Å². The van der Waals surface area contributed by atoms with Crippen molar-refractivity contribution in [1.82, 2.24) is 5.32 Å². The van der Waals surface area contributed by atoms with Gasteiger partial charge >= 0.3 is 6.18 Å². The summed E-state index contributed by atoms with van der Waals surface area (Å²) in [6.07, 6.45) is -3.45. The van der Waals surface area contributed by atoms with Gasteiger partial charge in [0.25, 0.3) is 0 Å². The topological polar surface area (TPSA) is 38.3 Å². The van der Waals surface area contributed by atoms with Gasteiger partial charge in [0, 0.05) is 25.5 Å². The van der Waals surface area contributed by atoms with E-state index in [4.69, 9.17) is 4.74 Å². The monoisotopic (exact) mass is 315 g/mol. The van der Waals surface area contributed by atoms with Crippen molar-refractivity contribution in [3.05, 3.63) is 35.4 Å². The Bertz CT molecular complexity index is 510. The van der Waals surface area contributed by atoms with Crippen molar-refractivity contribution in [3.63, 3.8) is 0 Å². The number of hydrogen-bond donors (Lipinski definition) is 1. The van der Waals surface area contributed by atoms with Crippen LogP contribution >= 0.6 is 0 Å². The van der Waals surface area contributed by atoms with Gasteiger partial charge in [0.1, 0.15) is 0 Å². The van der Waals surface area contributed by atoms with Crippen LogP contribution in [0.3, 0.4) is 0 Å². The van der Waals surface area contributed by atoms with Gasteiger partial charge in [0.2, 0.25) is 5.91 Å². The Labute approximate surface area is 127 Å². The summed E-state index contributed by atoms with van der Waals surface area (Å²) in [5, 5.41) is 2.78. The molecule has 1 aliphatic heterocycles. The van der Waals surface area contributed by atoms with E-state index < -0.39 is 17.7 Å². The number of benzene rings is 1. The second-order valence-electron chi connectivity index (χ2n) is 5.72. The maximum Gasteiger partial charge on any atom is 0.416 e. The molecule has 1 heterocycles. The van der Waals surface area contributed by atoms with Crippen LogP contribution in [0.2, 0.25) is 0 Å². The third kappa shape index (κ3) is 4.47. The Morgan fingerprint density at radius 1 is 1.41 bits per heavy atom. The summed E-state index contributed by atoms with van der Waals surface area (Å²) >= 11 is 0. The molecule has 0 unspecified atom stereocenters. The van der Waals surface area contributed by atoms with Crippen molar-refractivity contribution >= 4 is 5.91 Å². The predicted molar refractivity (Wildman–Crippen MR) is 76.4 cm³/mol. The number of carbonyl (C=O) groups excluding carboxylic acids is 1. The van der Waals surface area contributed by atoms with E-state index in [0.29, 0.717) is 25.7 Å². The van der Waals surface area contributed by atoms with Crippen LogP contribution in [0.15, 0.2) is 24.3 Å². The molecule has 122 valence electrons. The van der Waals surface area contributed by atoms with Crippen LogP contribution in [-0.4, -0.2) is 25.7 Å². The fourth-order valence-electron chi connectivity index (χ4n) is 2.65. The van der Waals surface area contributed by atoms with E-state index in [1.165, 1.54) is 12.1 Å². The highest BCUT2D eigenvalue weighted by Crippen LogP contribution is 2.35. The van der Waals surface area contributed by atoms with E-state index in [1.807, 2.05) is 0 Å². The number of alkyl halides is 3. The summed E-state index contributed by atoms with van der Waals surface area (Å²) in [5.74, 6) is -0.407. The molecule has 1 fully saturated rings. The van der Waals surface area contributed by atoms with Gasteiger partial charge in [0.15, 0.2) is 0 Å². The van der Waals surface area contributed by atoms with E-state index in [1.54, 1.807) is 13.0 Å². The number of carbonyl (C=O) groups is 1. The fourth-order valence-corrected chi connectivity index (χ4v) is 2.65. The van der Waals surface area contributed by atoms with Gasteiger partial charge in [-0.2, -0.15) is 13.2 Å². The zero-order valence-corrected chi connectivity index (χ0v) is 12.5. The van der Waals surface area contributed by atoms with Gasteiger partial charge in [0.05, 0.1) is 12.2 Å². The van der Waals surface area contributed by atoms with Crippen LogP contribution in [0.1, 0.15) is 36.8 Å². The first-order valence-electron chi connectivity index (χ1n) is 7.38. The molecular formula is C16H20F3NO2. The molecule has 2 atom stereocenters. The quantitative estimate of drug-likeness (QED) is 0.905. The van der Waals surface area contributed by atoms with Crippen LogP contribution in [0.4, 0.5) is 13.2 Å². The van der Waals surface area contributed by atoms with Gasteiger partial charge in [-0.3, -0.25) is 4.79 Å². The zero-order valence-electron chi connectivity index (χ0n) is 12.5. The Kier molecular flexibility index (Phi) is 5.45. The van der Waals surface area contributed by atoms with Crippen molar-refractivity contribution in [2.24, 2.45) is 5.92 Å². The minimum Gasteiger partial charge on any atom is -0.381 e. The summed E-state index contributed by atoms with van der Waals surface area (Å²) in [5.41, 5.74) is -0.506. The minimum atomic E-state index is -4.40. The molecule has 0 aromatic heterocycles. The molecular weight excluding hydrogens is 295 g/mol. The molecule has 22 heavy (non-hydrogen) atoms. The Hall–Kier alpha value is -1.56. The highest BCUT2D eigenvalue weighted by Gasteiger charge is 2.34. The number of rotatable bonds is 5.